The van der Waals surface area contributed by atoms with Gasteiger partial charge in [-0.25, -0.2) is 10.8 Å². The lowest BCUT2D eigenvalue weighted by atomic mass is 10.2. The zero-order valence-electron chi connectivity index (χ0n) is 11.9. The monoisotopic (exact) mass is 319 g/mol. The van der Waals surface area contributed by atoms with Crippen LogP contribution < -0.4 is 16.6 Å². The molecule has 0 aliphatic heterocycles. The molecule has 0 aliphatic rings. The summed E-state index contributed by atoms with van der Waals surface area (Å²) in [6.07, 6.45) is 0.996. The number of aryl methyl sites for hydroxylation is 2. The normalized spacial score (nSPS) is 11.0. The van der Waals surface area contributed by atoms with E-state index in [1.165, 1.54) is 16.0 Å². The molecule has 3 aromatic heterocycles. The van der Waals surface area contributed by atoms with Crippen LogP contribution in [0.1, 0.15) is 22.9 Å². The number of nitrogens with one attached hydrogen (secondary N) is 2. The Labute approximate surface area is 131 Å². The third-order valence-electron chi connectivity index (χ3n) is 3.33. The van der Waals surface area contributed by atoms with Crippen molar-refractivity contribution in [1.29, 1.82) is 0 Å². The first-order valence-electron chi connectivity index (χ1n) is 6.74. The summed E-state index contributed by atoms with van der Waals surface area (Å²) in [5, 5.41) is 8.78. The van der Waals surface area contributed by atoms with E-state index in [0.717, 1.165) is 29.0 Å². The molecule has 110 valence electrons. The number of hydrogen-bond acceptors (Lipinski definition) is 7. The standard InChI is InChI=1S/C14H17N5S2/c1-3-10-4-11-12(16-5-9-7-20-6-8(9)2)17-14(19-15)18-13(11)21-10/h4,6-7H,3,5,15H2,1-2H3,(H2,16,17,18,19). The molecule has 5 nitrogen and oxygen atoms in total. The highest BCUT2D eigenvalue weighted by atomic mass is 32.1. The van der Waals surface area contributed by atoms with E-state index < -0.39 is 0 Å². The zero-order valence-corrected chi connectivity index (χ0v) is 13.6. The molecule has 0 amide bonds. The van der Waals surface area contributed by atoms with E-state index in [0.29, 0.717) is 5.95 Å². The van der Waals surface area contributed by atoms with Crippen molar-refractivity contribution in [1.82, 2.24) is 9.97 Å². The van der Waals surface area contributed by atoms with Crippen molar-refractivity contribution in [3.05, 3.63) is 32.8 Å². The van der Waals surface area contributed by atoms with Crippen LogP contribution in [0.15, 0.2) is 16.8 Å². The molecule has 0 radical (unpaired) electrons. The van der Waals surface area contributed by atoms with E-state index >= 15 is 0 Å². The van der Waals surface area contributed by atoms with Gasteiger partial charge in [0.15, 0.2) is 0 Å². The highest BCUT2D eigenvalue weighted by Crippen LogP contribution is 2.30. The van der Waals surface area contributed by atoms with Gasteiger partial charge in [-0.05, 0) is 41.3 Å². The van der Waals surface area contributed by atoms with Crippen LogP contribution in [-0.2, 0) is 13.0 Å². The first kappa shape index (κ1) is 14.2. The van der Waals surface area contributed by atoms with Crippen LogP contribution in [0.4, 0.5) is 11.8 Å². The highest BCUT2D eigenvalue weighted by Gasteiger charge is 2.11. The second-order valence-electron chi connectivity index (χ2n) is 4.76. The average molecular weight is 319 g/mol. The molecular formula is C14H17N5S2. The molecule has 21 heavy (non-hydrogen) atoms. The SMILES string of the molecule is CCc1cc2c(NCc3cscc3C)nc(NN)nc2s1. The molecule has 0 spiro atoms. The lowest BCUT2D eigenvalue weighted by molar-refractivity contribution is 1.09. The van der Waals surface area contributed by atoms with Crippen molar-refractivity contribution >= 4 is 44.7 Å². The fraction of sp³-hybridized carbons (Fsp3) is 0.286. The van der Waals surface area contributed by atoms with Crippen LogP contribution in [0, 0.1) is 6.92 Å². The Kier molecular flexibility index (Phi) is 4.05. The fourth-order valence-corrected chi connectivity index (χ4v) is 3.92. The molecule has 0 bridgehead atoms. The Morgan fingerprint density at radius 3 is 2.81 bits per heavy atom. The van der Waals surface area contributed by atoms with Crippen LogP contribution in [0.2, 0.25) is 0 Å². The first-order valence-corrected chi connectivity index (χ1v) is 8.49. The summed E-state index contributed by atoms with van der Waals surface area (Å²) >= 11 is 3.40. The molecule has 0 unspecified atom stereocenters. The van der Waals surface area contributed by atoms with Crippen LogP contribution in [0.25, 0.3) is 10.2 Å². The smallest absolute Gasteiger partial charge is 0.240 e. The first-order chi connectivity index (χ1) is 10.2. The van der Waals surface area contributed by atoms with E-state index in [1.807, 2.05) is 0 Å². The number of hydrogen-bond donors (Lipinski definition) is 3. The quantitative estimate of drug-likeness (QED) is 0.495. The number of nitrogens with two attached hydrogens (primary N) is 1. The lowest BCUT2D eigenvalue weighted by Crippen LogP contribution is -2.12. The van der Waals surface area contributed by atoms with E-state index in [1.54, 1.807) is 22.7 Å². The predicted octanol–water partition coefficient (Wildman–Crippen LogP) is 3.52. The van der Waals surface area contributed by atoms with Crippen molar-refractivity contribution in [3.8, 4) is 0 Å². The van der Waals surface area contributed by atoms with Gasteiger partial charge in [0.2, 0.25) is 5.95 Å². The Morgan fingerprint density at radius 2 is 2.14 bits per heavy atom. The summed E-state index contributed by atoms with van der Waals surface area (Å²) in [5.41, 5.74) is 5.13. The second-order valence-corrected chi connectivity index (χ2v) is 6.62. The van der Waals surface area contributed by atoms with Gasteiger partial charge in [0.1, 0.15) is 10.6 Å². The maximum Gasteiger partial charge on any atom is 0.240 e. The number of anilines is 2. The molecule has 0 saturated heterocycles. The van der Waals surface area contributed by atoms with Gasteiger partial charge in [0.25, 0.3) is 0 Å². The van der Waals surface area contributed by atoms with Crippen LogP contribution in [0.5, 0.6) is 0 Å². The van der Waals surface area contributed by atoms with Crippen LogP contribution >= 0.6 is 22.7 Å². The largest absolute Gasteiger partial charge is 0.365 e. The second kappa shape index (κ2) is 5.97. The summed E-state index contributed by atoms with van der Waals surface area (Å²) < 4.78 is 0. The maximum absolute atomic E-state index is 5.47. The van der Waals surface area contributed by atoms with E-state index in [2.05, 4.69) is 51.4 Å². The number of fused-ring (bicyclic) bond motifs is 1. The summed E-state index contributed by atoms with van der Waals surface area (Å²) in [5.74, 6) is 6.74. The number of thiophene rings is 2. The number of hydrazine groups is 1. The Morgan fingerprint density at radius 1 is 1.29 bits per heavy atom. The Bertz CT molecular complexity index is 762. The number of aromatic nitrogens is 2. The molecule has 0 aliphatic carbocycles. The molecule has 3 rings (SSSR count). The molecule has 7 heteroatoms. The minimum atomic E-state index is 0.441. The summed E-state index contributed by atoms with van der Waals surface area (Å²) in [6, 6.07) is 2.16. The third-order valence-corrected chi connectivity index (χ3v) is 5.41. The predicted molar refractivity (Wildman–Crippen MR) is 91.0 cm³/mol. The summed E-state index contributed by atoms with van der Waals surface area (Å²) in [4.78, 5) is 11.1. The molecular weight excluding hydrogens is 302 g/mol. The van der Waals surface area contributed by atoms with Gasteiger partial charge in [-0.2, -0.15) is 16.3 Å². The van der Waals surface area contributed by atoms with Crippen molar-refractivity contribution in [3.63, 3.8) is 0 Å². The molecule has 4 N–H and O–H groups in total. The van der Waals surface area contributed by atoms with E-state index in [-0.39, 0.29) is 0 Å². The number of rotatable bonds is 5. The van der Waals surface area contributed by atoms with Crippen LogP contribution in [0.3, 0.4) is 0 Å². The van der Waals surface area contributed by atoms with Crippen molar-refractivity contribution < 1.29 is 0 Å². The topological polar surface area (TPSA) is 75.9 Å². The summed E-state index contributed by atoms with van der Waals surface area (Å²) in [7, 11) is 0. The van der Waals surface area contributed by atoms with Crippen molar-refractivity contribution in [2.75, 3.05) is 10.7 Å². The molecule has 3 aromatic rings. The maximum atomic E-state index is 5.47. The van der Waals surface area contributed by atoms with Gasteiger partial charge in [-0.1, -0.05) is 6.92 Å². The van der Waals surface area contributed by atoms with Gasteiger partial charge in [-0.15, -0.1) is 11.3 Å². The van der Waals surface area contributed by atoms with E-state index in [9.17, 15) is 0 Å². The molecule has 0 saturated carbocycles. The number of nitrogen functional groups attached to an aromatic ring is 1. The minimum Gasteiger partial charge on any atom is -0.365 e. The van der Waals surface area contributed by atoms with Crippen molar-refractivity contribution in [2.45, 2.75) is 26.8 Å². The van der Waals surface area contributed by atoms with Gasteiger partial charge in [-0.3, -0.25) is 5.43 Å². The van der Waals surface area contributed by atoms with E-state index in [4.69, 9.17) is 5.84 Å². The molecule has 0 aromatic carbocycles. The number of nitrogens with zero attached hydrogens (tertiary/aromatic N) is 2. The molecule has 0 atom stereocenters. The molecule has 3 heterocycles. The Balaban J connectivity index is 1.95. The zero-order chi connectivity index (χ0) is 14.8. The van der Waals surface area contributed by atoms with Gasteiger partial charge < -0.3 is 5.32 Å². The Hall–Kier alpha value is -1.70. The van der Waals surface area contributed by atoms with Gasteiger partial charge in [0.05, 0.1) is 5.39 Å². The minimum absolute atomic E-state index is 0.441. The lowest BCUT2D eigenvalue weighted by Gasteiger charge is -2.08. The van der Waals surface area contributed by atoms with Gasteiger partial charge >= 0.3 is 0 Å². The third kappa shape index (κ3) is 2.85. The summed E-state index contributed by atoms with van der Waals surface area (Å²) in [6.45, 7) is 5.01. The highest BCUT2D eigenvalue weighted by molar-refractivity contribution is 7.18. The average Bonchev–Trinajstić information content (AvgIpc) is 3.10. The van der Waals surface area contributed by atoms with Crippen LogP contribution in [-0.4, -0.2) is 9.97 Å². The molecule has 0 fully saturated rings. The fourth-order valence-electron chi connectivity index (χ4n) is 2.09. The van der Waals surface area contributed by atoms with Crippen molar-refractivity contribution in [2.24, 2.45) is 5.84 Å². The van der Waals surface area contributed by atoms with Gasteiger partial charge in [0, 0.05) is 11.4 Å².